The molecule has 1 rings (SSSR count). The number of hydrogen-bond acceptors (Lipinski definition) is 3. The molecule has 0 atom stereocenters. The smallest absolute Gasteiger partial charge is 0.242 e. The second kappa shape index (κ2) is 4.54. The zero-order valence-corrected chi connectivity index (χ0v) is 8.97. The van der Waals surface area contributed by atoms with Gasteiger partial charge in [0.15, 0.2) is 0 Å². The molecule has 0 aliphatic heterocycles. The molecular weight excluding hydrogens is 202 g/mol. The van der Waals surface area contributed by atoms with Crippen molar-refractivity contribution in [1.29, 1.82) is 0 Å². The topological polar surface area (TPSA) is 55.4 Å². The van der Waals surface area contributed by atoms with E-state index in [0.717, 1.165) is 5.56 Å². The minimum absolute atomic E-state index is 0.0176. The second-order valence-electron chi connectivity index (χ2n) is 2.90. The monoisotopic (exact) mass is 215 g/mol. The van der Waals surface area contributed by atoms with Crippen molar-refractivity contribution in [2.24, 2.45) is 0 Å². The Bertz CT molecular complexity index is 400. The molecule has 0 fully saturated rings. The van der Waals surface area contributed by atoms with Crippen molar-refractivity contribution >= 4 is 10.0 Å². The molecular formula is C9H13NO3S. The van der Waals surface area contributed by atoms with E-state index in [9.17, 15) is 8.42 Å². The van der Waals surface area contributed by atoms with Crippen LogP contribution in [0.25, 0.3) is 0 Å². The predicted octanol–water partition coefficient (Wildman–Crippen LogP) is 0.877. The zero-order valence-electron chi connectivity index (χ0n) is 8.15. The third-order valence-corrected chi connectivity index (χ3v) is 3.07. The van der Waals surface area contributed by atoms with E-state index in [1.165, 1.54) is 7.11 Å². The quantitative estimate of drug-likeness (QED) is 0.758. The van der Waals surface area contributed by atoms with Gasteiger partial charge in [0.2, 0.25) is 10.0 Å². The number of aryl methyl sites for hydroxylation is 1. The average Bonchev–Trinajstić information content (AvgIpc) is 2.15. The molecule has 0 aromatic heterocycles. The van der Waals surface area contributed by atoms with Crippen LogP contribution in [-0.2, 0) is 14.8 Å². The lowest BCUT2D eigenvalue weighted by Gasteiger charge is -2.05. The molecule has 14 heavy (non-hydrogen) atoms. The summed E-state index contributed by atoms with van der Waals surface area (Å²) < 4.78 is 30.0. The van der Waals surface area contributed by atoms with Gasteiger partial charge in [-0.2, -0.15) is 4.72 Å². The highest BCUT2D eigenvalue weighted by atomic mass is 32.2. The highest BCUT2D eigenvalue weighted by Gasteiger charge is 2.12. The van der Waals surface area contributed by atoms with Crippen LogP contribution in [0.15, 0.2) is 29.2 Å². The van der Waals surface area contributed by atoms with Crippen molar-refractivity contribution in [3.63, 3.8) is 0 Å². The number of rotatable bonds is 4. The van der Waals surface area contributed by atoms with Gasteiger partial charge in [0, 0.05) is 7.11 Å². The van der Waals surface area contributed by atoms with Gasteiger partial charge < -0.3 is 4.74 Å². The summed E-state index contributed by atoms with van der Waals surface area (Å²) in [6.45, 7) is 1.83. The third-order valence-electron chi connectivity index (χ3n) is 1.69. The molecule has 0 amide bonds. The predicted molar refractivity (Wildman–Crippen MR) is 53.4 cm³/mol. The third kappa shape index (κ3) is 2.80. The van der Waals surface area contributed by atoms with Gasteiger partial charge in [-0.3, -0.25) is 0 Å². The van der Waals surface area contributed by atoms with Crippen LogP contribution in [-0.4, -0.2) is 22.3 Å². The lowest BCUT2D eigenvalue weighted by atomic mass is 10.2. The lowest BCUT2D eigenvalue weighted by molar-refractivity contribution is 0.194. The molecule has 1 aromatic rings. The molecule has 1 N–H and O–H groups in total. The maximum Gasteiger partial charge on any atom is 0.242 e. The van der Waals surface area contributed by atoms with Crippen LogP contribution < -0.4 is 4.72 Å². The summed E-state index contributed by atoms with van der Waals surface area (Å²) in [5, 5.41) is 0. The van der Waals surface area contributed by atoms with E-state index in [1.54, 1.807) is 18.2 Å². The first-order chi connectivity index (χ1) is 6.56. The van der Waals surface area contributed by atoms with Gasteiger partial charge in [-0.15, -0.1) is 0 Å². The number of hydrogen-bond donors (Lipinski definition) is 1. The van der Waals surface area contributed by atoms with Crippen LogP contribution in [0.2, 0.25) is 0 Å². The highest BCUT2D eigenvalue weighted by Crippen LogP contribution is 2.09. The number of benzene rings is 1. The van der Waals surface area contributed by atoms with Crippen LogP contribution in [0, 0.1) is 6.92 Å². The standard InChI is InChI=1S/C9H13NO3S/c1-8-4-3-5-9(6-8)14(11,12)10-7-13-2/h3-6,10H,7H2,1-2H3. The fourth-order valence-electron chi connectivity index (χ4n) is 1.00. The fourth-order valence-corrected chi connectivity index (χ4v) is 2.04. The van der Waals surface area contributed by atoms with Crippen molar-refractivity contribution < 1.29 is 13.2 Å². The summed E-state index contributed by atoms with van der Waals surface area (Å²) in [5.74, 6) is 0. The first-order valence-corrected chi connectivity index (χ1v) is 5.60. The van der Waals surface area contributed by atoms with Crippen molar-refractivity contribution in [2.75, 3.05) is 13.8 Å². The molecule has 1 aromatic carbocycles. The maximum absolute atomic E-state index is 11.6. The average molecular weight is 215 g/mol. The molecule has 0 heterocycles. The van der Waals surface area contributed by atoms with Gasteiger partial charge in [-0.25, -0.2) is 8.42 Å². The summed E-state index contributed by atoms with van der Waals surface area (Å²) >= 11 is 0. The Balaban J connectivity index is 2.93. The van der Waals surface area contributed by atoms with Crippen LogP contribution in [0.3, 0.4) is 0 Å². The maximum atomic E-state index is 11.6. The van der Waals surface area contributed by atoms with Crippen molar-refractivity contribution in [2.45, 2.75) is 11.8 Å². The second-order valence-corrected chi connectivity index (χ2v) is 4.66. The van der Waals surface area contributed by atoms with E-state index in [2.05, 4.69) is 9.46 Å². The molecule has 4 nitrogen and oxygen atoms in total. The first kappa shape index (κ1) is 11.2. The molecule has 0 bridgehead atoms. The highest BCUT2D eigenvalue weighted by molar-refractivity contribution is 7.89. The Labute approximate surface area is 84.0 Å². The summed E-state index contributed by atoms with van der Waals surface area (Å²) in [6.07, 6.45) is 0. The van der Waals surface area contributed by atoms with E-state index in [0.29, 0.717) is 0 Å². The number of sulfonamides is 1. The molecule has 0 saturated carbocycles. The van der Waals surface area contributed by atoms with E-state index in [4.69, 9.17) is 0 Å². The molecule has 0 spiro atoms. The van der Waals surface area contributed by atoms with E-state index in [-0.39, 0.29) is 11.6 Å². The molecule has 0 aliphatic carbocycles. The number of nitrogens with one attached hydrogen (secondary N) is 1. The first-order valence-electron chi connectivity index (χ1n) is 4.11. The number of methoxy groups -OCH3 is 1. The fraction of sp³-hybridized carbons (Fsp3) is 0.333. The zero-order chi connectivity index (χ0) is 10.6. The van der Waals surface area contributed by atoms with Crippen LogP contribution in [0.5, 0.6) is 0 Å². The largest absolute Gasteiger partial charge is 0.369 e. The Morgan fingerprint density at radius 3 is 2.71 bits per heavy atom. The van der Waals surface area contributed by atoms with Crippen molar-refractivity contribution in [3.05, 3.63) is 29.8 Å². The molecule has 0 saturated heterocycles. The molecule has 0 aliphatic rings. The SMILES string of the molecule is COCNS(=O)(=O)c1cccc(C)c1. The molecule has 0 unspecified atom stereocenters. The lowest BCUT2D eigenvalue weighted by Crippen LogP contribution is -2.25. The summed E-state index contributed by atoms with van der Waals surface area (Å²) in [7, 11) is -1.99. The molecule has 0 radical (unpaired) electrons. The number of ether oxygens (including phenoxy) is 1. The van der Waals surface area contributed by atoms with Gasteiger partial charge >= 0.3 is 0 Å². The minimum Gasteiger partial charge on any atom is -0.369 e. The normalized spacial score (nSPS) is 11.6. The van der Waals surface area contributed by atoms with Gasteiger partial charge in [0.25, 0.3) is 0 Å². The van der Waals surface area contributed by atoms with Crippen LogP contribution in [0.1, 0.15) is 5.56 Å². The molecule has 5 heteroatoms. The Kier molecular flexibility index (Phi) is 3.62. The van der Waals surface area contributed by atoms with Crippen LogP contribution >= 0.6 is 0 Å². The van der Waals surface area contributed by atoms with Gasteiger partial charge in [0.05, 0.1) is 4.90 Å². The molecule has 78 valence electrons. The van der Waals surface area contributed by atoms with Gasteiger partial charge in [0.1, 0.15) is 6.73 Å². The van der Waals surface area contributed by atoms with Gasteiger partial charge in [-0.05, 0) is 24.6 Å². The summed E-state index contributed by atoms with van der Waals surface area (Å²) in [5.41, 5.74) is 0.908. The van der Waals surface area contributed by atoms with E-state index < -0.39 is 10.0 Å². The summed E-state index contributed by atoms with van der Waals surface area (Å²) in [6, 6.07) is 6.70. The van der Waals surface area contributed by atoms with Crippen LogP contribution in [0.4, 0.5) is 0 Å². The van der Waals surface area contributed by atoms with Crippen molar-refractivity contribution in [3.8, 4) is 0 Å². The Hall–Kier alpha value is -0.910. The van der Waals surface area contributed by atoms with E-state index in [1.807, 2.05) is 13.0 Å². The van der Waals surface area contributed by atoms with E-state index >= 15 is 0 Å². The minimum atomic E-state index is -3.42. The van der Waals surface area contributed by atoms with Gasteiger partial charge in [-0.1, -0.05) is 12.1 Å². The Morgan fingerprint density at radius 2 is 2.14 bits per heavy atom. The van der Waals surface area contributed by atoms with Crippen molar-refractivity contribution in [1.82, 2.24) is 4.72 Å². The summed E-state index contributed by atoms with van der Waals surface area (Å²) in [4.78, 5) is 0.259. The Morgan fingerprint density at radius 1 is 1.43 bits per heavy atom.